The average molecular weight is 286 g/mol. The van der Waals surface area contributed by atoms with Crippen LogP contribution in [0.1, 0.15) is 5.69 Å². The Bertz CT molecular complexity index is 626. The van der Waals surface area contributed by atoms with Crippen LogP contribution in [0.4, 0.5) is 5.69 Å². The Hall–Kier alpha value is -2.89. The minimum atomic E-state index is -1.11. The first-order valence-corrected chi connectivity index (χ1v) is 6.27. The largest absolute Gasteiger partial charge is 0.508 e. The second kappa shape index (κ2) is 6.51. The smallest absolute Gasteiger partial charge is 0.323 e. The van der Waals surface area contributed by atoms with Crippen LogP contribution in [0.3, 0.4) is 0 Å². The molecule has 1 aromatic heterocycles. The van der Waals surface area contributed by atoms with E-state index in [9.17, 15) is 14.7 Å². The van der Waals surface area contributed by atoms with E-state index in [4.69, 9.17) is 5.11 Å². The number of hydrogen-bond donors (Lipinski definition) is 2. The number of carbonyl (C=O) groups excluding carboxylic acids is 1. The molecule has 2 aromatic rings. The van der Waals surface area contributed by atoms with Gasteiger partial charge in [-0.1, -0.05) is 6.07 Å². The van der Waals surface area contributed by atoms with E-state index in [1.165, 1.54) is 24.3 Å². The molecule has 0 bridgehead atoms. The molecule has 6 nitrogen and oxygen atoms in total. The lowest BCUT2D eigenvalue weighted by atomic mass is 10.2. The van der Waals surface area contributed by atoms with Gasteiger partial charge in [-0.05, 0) is 36.4 Å². The molecule has 1 aromatic carbocycles. The monoisotopic (exact) mass is 286 g/mol. The Labute approximate surface area is 121 Å². The summed E-state index contributed by atoms with van der Waals surface area (Å²) in [4.78, 5) is 28.4. The van der Waals surface area contributed by atoms with Gasteiger partial charge in [0.25, 0.3) is 0 Å². The fraction of sp³-hybridized carbons (Fsp3) is 0.133. The van der Waals surface area contributed by atoms with Gasteiger partial charge in [-0.2, -0.15) is 0 Å². The van der Waals surface area contributed by atoms with E-state index in [0.717, 1.165) is 4.90 Å². The number of phenolic OH excluding ortho intramolecular Hbond substituents is 1. The number of phenols is 1. The van der Waals surface area contributed by atoms with E-state index in [0.29, 0.717) is 11.4 Å². The highest BCUT2D eigenvalue weighted by Gasteiger charge is 2.19. The van der Waals surface area contributed by atoms with Gasteiger partial charge in [0.2, 0.25) is 5.91 Å². The Balaban J connectivity index is 2.21. The summed E-state index contributed by atoms with van der Waals surface area (Å²) >= 11 is 0. The van der Waals surface area contributed by atoms with Gasteiger partial charge in [0.05, 0.1) is 6.42 Å². The molecule has 0 fully saturated rings. The van der Waals surface area contributed by atoms with Gasteiger partial charge < -0.3 is 15.1 Å². The van der Waals surface area contributed by atoms with Crippen LogP contribution in [0.15, 0.2) is 48.7 Å². The molecule has 1 amide bonds. The lowest BCUT2D eigenvalue weighted by Gasteiger charge is -2.20. The van der Waals surface area contributed by atoms with Crippen molar-refractivity contribution >= 4 is 17.6 Å². The van der Waals surface area contributed by atoms with Crippen LogP contribution in [0, 0.1) is 0 Å². The van der Waals surface area contributed by atoms with Gasteiger partial charge >= 0.3 is 5.97 Å². The molecule has 0 atom stereocenters. The first-order valence-electron chi connectivity index (χ1n) is 6.27. The molecule has 0 spiro atoms. The Morgan fingerprint density at radius 1 is 1.10 bits per heavy atom. The number of aromatic hydroxyl groups is 1. The lowest BCUT2D eigenvalue weighted by Crippen LogP contribution is -2.36. The van der Waals surface area contributed by atoms with Crippen LogP contribution in [-0.2, 0) is 16.0 Å². The summed E-state index contributed by atoms with van der Waals surface area (Å²) in [5.74, 6) is -1.44. The lowest BCUT2D eigenvalue weighted by molar-refractivity contribution is -0.136. The summed E-state index contributed by atoms with van der Waals surface area (Å²) in [5, 5.41) is 18.2. The van der Waals surface area contributed by atoms with Gasteiger partial charge in [0, 0.05) is 17.6 Å². The third kappa shape index (κ3) is 4.04. The Morgan fingerprint density at radius 2 is 1.81 bits per heavy atom. The molecule has 0 unspecified atom stereocenters. The molecule has 0 aliphatic carbocycles. The molecule has 0 saturated carbocycles. The molecular formula is C15H14N2O4. The average Bonchev–Trinajstić information content (AvgIpc) is 2.46. The highest BCUT2D eigenvalue weighted by atomic mass is 16.4. The summed E-state index contributed by atoms with van der Waals surface area (Å²) in [6, 6.07) is 11.0. The van der Waals surface area contributed by atoms with E-state index in [-0.39, 0.29) is 18.1 Å². The number of hydrogen-bond acceptors (Lipinski definition) is 4. The number of benzene rings is 1. The van der Waals surface area contributed by atoms with Crippen molar-refractivity contribution in [1.29, 1.82) is 0 Å². The van der Waals surface area contributed by atoms with Crippen LogP contribution >= 0.6 is 0 Å². The molecule has 0 saturated heterocycles. The Kier molecular flexibility index (Phi) is 4.50. The minimum Gasteiger partial charge on any atom is -0.508 e. The van der Waals surface area contributed by atoms with E-state index >= 15 is 0 Å². The van der Waals surface area contributed by atoms with Crippen molar-refractivity contribution in [2.75, 3.05) is 11.4 Å². The van der Waals surface area contributed by atoms with Crippen LogP contribution in [0.25, 0.3) is 0 Å². The third-order valence-electron chi connectivity index (χ3n) is 2.81. The number of carboxylic acid groups (broad SMARTS) is 1. The molecule has 0 aliphatic rings. The zero-order chi connectivity index (χ0) is 15.2. The quantitative estimate of drug-likeness (QED) is 0.868. The molecule has 0 aliphatic heterocycles. The molecule has 6 heteroatoms. The van der Waals surface area contributed by atoms with Gasteiger partial charge in [-0.25, -0.2) is 0 Å². The Morgan fingerprint density at radius 3 is 2.38 bits per heavy atom. The number of carbonyl (C=O) groups is 2. The molecule has 1 heterocycles. The predicted molar refractivity (Wildman–Crippen MR) is 76.0 cm³/mol. The topological polar surface area (TPSA) is 90.7 Å². The molecule has 2 rings (SSSR count). The standard InChI is InChI=1S/C15H14N2O4/c18-13-6-4-12(5-7-13)17(10-15(20)21)14(19)9-11-3-1-2-8-16-11/h1-8,18H,9-10H2,(H,20,21). The molecule has 2 N–H and O–H groups in total. The molecule has 21 heavy (non-hydrogen) atoms. The van der Waals surface area contributed by atoms with E-state index in [1.807, 2.05) is 0 Å². The first-order chi connectivity index (χ1) is 10.1. The van der Waals surface area contributed by atoms with Crippen LogP contribution < -0.4 is 4.90 Å². The zero-order valence-corrected chi connectivity index (χ0v) is 11.1. The SMILES string of the molecule is O=C(O)CN(C(=O)Cc1ccccn1)c1ccc(O)cc1. The number of rotatable bonds is 5. The summed E-state index contributed by atoms with van der Waals surface area (Å²) < 4.78 is 0. The summed E-state index contributed by atoms with van der Waals surface area (Å²) in [6.07, 6.45) is 1.58. The summed E-state index contributed by atoms with van der Waals surface area (Å²) in [7, 11) is 0. The maximum atomic E-state index is 12.3. The van der Waals surface area contributed by atoms with Gasteiger partial charge in [0.1, 0.15) is 12.3 Å². The molecule has 0 radical (unpaired) electrons. The van der Waals surface area contributed by atoms with E-state index < -0.39 is 12.5 Å². The van der Waals surface area contributed by atoms with Crippen molar-refractivity contribution in [3.8, 4) is 5.75 Å². The number of amides is 1. The fourth-order valence-corrected chi connectivity index (χ4v) is 1.84. The number of anilines is 1. The third-order valence-corrected chi connectivity index (χ3v) is 2.81. The van der Waals surface area contributed by atoms with Crippen molar-refractivity contribution in [3.05, 3.63) is 54.4 Å². The summed E-state index contributed by atoms with van der Waals surface area (Å²) in [6.45, 7) is -0.448. The van der Waals surface area contributed by atoms with E-state index in [1.54, 1.807) is 24.4 Å². The fourth-order valence-electron chi connectivity index (χ4n) is 1.84. The molecule has 108 valence electrons. The van der Waals surface area contributed by atoms with Crippen LogP contribution in [-0.4, -0.2) is 33.6 Å². The summed E-state index contributed by atoms with van der Waals surface area (Å²) in [5.41, 5.74) is 0.979. The van der Waals surface area contributed by atoms with Crippen LogP contribution in [0.2, 0.25) is 0 Å². The highest BCUT2D eigenvalue weighted by molar-refractivity contribution is 5.98. The predicted octanol–water partition coefficient (Wildman–Crippen LogP) is 1.45. The van der Waals surface area contributed by atoms with Crippen molar-refractivity contribution in [3.63, 3.8) is 0 Å². The number of pyridine rings is 1. The van der Waals surface area contributed by atoms with Gasteiger partial charge in [-0.3, -0.25) is 14.6 Å². The maximum Gasteiger partial charge on any atom is 0.323 e. The number of aromatic nitrogens is 1. The highest BCUT2D eigenvalue weighted by Crippen LogP contribution is 2.19. The van der Waals surface area contributed by atoms with Crippen molar-refractivity contribution in [2.45, 2.75) is 6.42 Å². The zero-order valence-electron chi connectivity index (χ0n) is 11.1. The number of nitrogens with zero attached hydrogens (tertiary/aromatic N) is 2. The maximum absolute atomic E-state index is 12.3. The number of aliphatic carboxylic acids is 1. The minimum absolute atomic E-state index is 0.00893. The van der Waals surface area contributed by atoms with Crippen LogP contribution in [0.5, 0.6) is 5.75 Å². The second-order valence-corrected chi connectivity index (χ2v) is 4.39. The van der Waals surface area contributed by atoms with E-state index in [2.05, 4.69) is 4.98 Å². The van der Waals surface area contributed by atoms with Crippen molar-refractivity contribution in [1.82, 2.24) is 4.98 Å². The number of carboxylic acids is 1. The second-order valence-electron chi connectivity index (χ2n) is 4.39. The first kappa shape index (κ1) is 14.5. The van der Waals surface area contributed by atoms with Crippen molar-refractivity contribution < 1.29 is 19.8 Å². The van der Waals surface area contributed by atoms with Crippen molar-refractivity contribution in [2.24, 2.45) is 0 Å². The molecular weight excluding hydrogens is 272 g/mol. The van der Waals surface area contributed by atoms with Gasteiger partial charge in [-0.15, -0.1) is 0 Å². The normalized spacial score (nSPS) is 10.1. The van der Waals surface area contributed by atoms with Gasteiger partial charge in [0.15, 0.2) is 0 Å².